The maximum absolute atomic E-state index is 5.32. The Kier molecular flexibility index (Phi) is 2.26. The largest absolute Gasteiger partial charge is 0.480 e. The molecule has 0 unspecified atom stereocenters. The van der Waals surface area contributed by atoms with Crippen molar-refractivity contribution in [2.75, 3.05) is 7.11 Å². The lowest BCUT2D eigenvalue weighted by Crippen LogP contribution is -1.92. The molecule has 4 nitrogen and oxygen atoms in total. The lowest BCUT2D eigenvalue weighted by molar-refractivity contribution is 0.401. The summed E-state index contributed by atoms with van der Waals surface area (Å²) in [6.07, 6.45) is 3.40. The van der Waals surface area contributed by atoms with Crippen LogP contribution in [0.25, 0.3) is 22.2 Å². The van der Waals surface area contributed by atoms with Crippen LogP contribution in [0.15, 0.2) is 42.9 Å². The summed E-state index contributed by atoms with van der Waals surface area (Å²) in [5.41, 5.74) is 2.75. The fraction of sp³-hybridized carbons (Fsp3) is 0.0769. The van der Waals surface area contributed by atoms with Crippen LogP contribution in [-0.2, 0) is 0 Å². The van der Waals surface area contributed by atoms with Gasteiger partial charge in [-0.2, -0.15) is 0 Å². The van der Waals surface area contributed by atoms with E-state index in [-0.39, 0.29) is 0 Å². The van der Waals surface area contributed by atoms with Gasteiger partial charge in [-0.1, -0.05) is 18.2 Å². The van der Waals surface area contributed by atoms with Crippen LogP contribution >= 0.6 is 0 Å². The van der Waals surface area contributed by atoms with Gasteiger partial charge in [-0.05, 0) is 12.1 Å². The van der Waals surface area contributed by atoms with Gasteiger partial charge < -0.3 is 9.72 Å². The number of aromatic nitrogens is 3. The molecule has 0 aliphatic heterocycles. The number of pyridine rings is 1. The molecule has 0 amide bonds. The molecule has 3 aromatic rings. The van der Waals surface area contributed by atoms with Gasteiger partial charge >= 0.3 is 0 Å². The second-order valence-electron chi connectivity index (χ2n) is 3.70. The topological polar surface area (TPSA) is 50.8 Å². The van der Waals surface area contributed by atoms with Crippen LogP contribution in [0.1, 0.15) is 0 Å². The van der Waals surface area contributed by atoms with Gasteiger partial charge in [0.2, 0.25) is 5.88 Å². The number of methoxy groups -OCH3 is 1. The van der Waals surface area contributed by atoms with Crippen molar-refractivity contribution in [2.24, 2.45) is 0 Å². The first-order valence-corrected chi connectivity index (χ1v) is 5.31. The third-order valence-electron chi connectivity index (χ3n) is 2.67. The lowest BCUT2D eigenvalue weighted by Gasteiger charge is -2.07. The van der Waals surface area contributed by atoms with Crippen LogP contribution in [0.2, 0.25) is 0 Å². The number of nitrogens with zero attached hydrogens (tertiary/aromatic N) is 2. The molecule has 84 valence electrons. The van der Waals surface area contributed by atoms with E-state index in [0.29, 0.717) is 5.88 Å². The molecule has 4 heteroatoms. The second kappa shape index (κ2) is 3.90. The monoisotopic (exact) mass is 225 g/mol. The van der Waals surface area contributed by atoms with Crippen molar-refractivity contribution in [2.45, 2.75) is 0 Å². The predicted molar refractivity (Wildman–Crippen MR) is 65.9 cm³/mol. The van der Waals surface area contributed by atoms with Crippen molar-refractivity contribution in [3.8, 4) is 17.1 Å². The number of hydrogen-bond donors (Lipinski definition) is 1. The van der Waals surface area contributed by atoms with Crippen molar-refractivity contribution in [1.82, 2.24) is 15.0 Å². The van der Waals surface area contributed by atoms with E-state index in [9.17, 15) is 0 Å². The number of aromatic amines is 1. The predicted octanol–water partition coefficient (Wildman–Crippen LogP) is 2.63. The minimum atomic E-state index is 0.605. The molecule has 3 rings (SSSR count). The normalized spacial score (nSPS) is 10.6. The summed E-state index contributed by atoms with van der Waals surface area (Å²) in [5.74, 6) is 0.605. The molecule has 1 aromatic carbocycles. The average Bonchev–Trinajstić information content (AvgIpc) is 2.91. The highest BCUT2D eigenvalue weighted by molar-refractivity contribution is 5.85. The molecule has 0 bridgehead atoms. The van der Waals surface area contributed by atoms with E-state index in [0.717, 1.165) is 22.2 Å². The summed E-state index contributed by atoms with van der Waals surface area (Å²) in [6, 6.07) is 10.0. The molecule has 0 saturated carbocycles. The summed E-state index contributed by atoms with van der Waals surface area (Å²) < 4.78 is 5.32. The number of para-hydroxylation sites is 1. The van der Waals surface area contributed by atoms with Crippen molar-refractivity contribution in [1.29, 1.82) is 0 Å². The summed E-state index contributed by atoms with van der Waals surface area (Å²) in [7, 11) is 1.62. The quantitative estimate of drug-likeness (QED) is 0.729. The Morgan fingerprint density at radius 2 is 2.12 bits per heavy atom. The Balaban J connectivity index is 2.29. The van der Waals surface area contributed by atoms with E-state index in [4.69, 9.17) is 4.74 Å². The maximum atomic E-state index is 5.32. The van der Waals surface area contributed by atoms with E-state index in [1.165, 1.54) is 0 Å². The molecule has 2 aromatic heterocycles. The standard InChI is InChI=1S/C13H11N3O/c1-17-13-10(12-7-14-8-15-12)6-9-4-2-3-5-11(9)16-13/h2-8H,1H3,(H,14,15). The van der Waals surface area contributed by atoms with Crippen LogP contribution in [0, 0.1) is 0 Å². The molecular weight excluding hydrogens is 214 g/mol. The number of rotatable bonds is 2. The van der Waals surface area contributed by atoms with Crippen LogP contribution in [0.4, 0.5) is 0 Å². The third kappa shape index (κ3) is 1.63. The number of fused-ring (bicyclic) bond motifs is 1. The SMILES string of the molecule is COc1nc2ccccc2cc1-c1cnc[nH]1. The van der Waals surface area contributed by atoms with Gasteiger partial charge in [-0.15, -0.1) is 0 Å². The molecule has 0 radical (unpaired) electrons. The first kappa shape index (κ1) is 9.84. The summed E-state index contributed by atoms with van der Waals surface area (Å²) in [6.45, 7) is 0. The number of ether oxygens (including phenoxy) is 1. The zero-order valence-electron chi connectivity index (χ0n) is 9.34. The summed E-state index contributed by atoms with van der Waals surface area (Å²) >= 11 is 0. The zero-order chi connectivity index (χ0) is 11.7. The third-order valence-corrected chi connectivity index (χ3v) is 2.67. The van der Waals surface area contributed by atoms with Gasteiger partial charge in [0.25, 0.3) is 0 Å². The van der Waals surface area contributed by atoms with Crippen molar-refractivity contribution in [3.05, 3.63) is 42.9 Å². The van der Waals surface area contributed by atoms with Crippen molar-refractivity contribution >= 4 is 10.9 Å². The van der Waals surface area contributed by atoms with E-state index in [1.54, 1.807) is 19.6 Å². The average molecular weight is 225 g/mol. The van der Waals surface area contributed by atoms with Crippen molar-refractivity contribution < 1.29 is 4.74 Å². The van der Waals surface area contributed by atoms with Crippen LogP contribution in [-0.4, -0.2) is 22.1 Å². The van der Waals surface area contributed by atoms with Crippen LogP contribution in [0.3, 0.4) is 0 Å². The molecule has 1 N–H and O–H groups in total. The first-order chi connectivity index (χ1) is 8.38. The van der Waals surface area contributed by atoms with Gasteiger partial charge in [0, 0.05) is 5.39 Å². The van der Waals surface area contributed by atoms with Gasteiger partial charge in [0.05, 0.1) is 36.4 Å². The van der Waals surface area contributed by atoms with Gasteiger partial charge in [-0.25, -0.2) is 9.97 Å². The summed E-state index contributed by atoms with van der Waals surface area (Å²) in [5, 5.41) is 1.08. The van der Waals surface area contributed by atoms with E-state index in [2.05, 4.69) is 21.0 Å². The second-order valence-corrected chi connectivity index (χ2v) is 3.70. The smallest absolute Gasteiger partial charge is 0.223 e. The first-order valence-electron chi connectivity index (χ1n) is 5.31. The Morgan fingerprint density at radius 3 is 2.88 bits per heavy atom. The number of nitrogens with one attached hydrogen (secondary N) is 1. The lowest BCUT2D eigenvalue weighted by atomic mass is 10.1. The number of H-pyrrole nitrogens is 1. The Hall–Kier alpha value is -2.36. The molecule has 0 aliphatic rings. The fourth-order valence-corrected chi connectivity index (χ4v) is 1.85. The Labute approximate surface area is 98.3 Å². The molecular formula is C13H11N3O. The molecule has 17 heavy (non-hydrogen) atoms. The zero-order valence-corrected chi connectivity index (χ0v) is 9.34. The highest BCUT2D eigenvalue weighted by atomic mass is 16.5. The van der Waals surface area contributed by atoms with E-state index in [1.807, 2.05) is 24.3 Å². The Bertz CT molecular complexity index is 647. The van der Waals surface area contributed by atoms with Gasteiger partial charge in [-0.3, -0.25) is 0 Å². The van der Waals surface area contributed by atoms with E-state index >= 15 is 0 Å². The highest BCUT2D eigenvalue weighted by Crippen LogP contribution is 2.29. The van der Waals surface area contributed by atoms with Crippen LogP contribution < -0.4 is 4.74 Å². The van der Waals surface area contributed by atoms with E-state index < -0.39 is 0 Å². The molecule has 0 spiro atoms. The van der Waals surface area contributed by atoms with Crippen molar-refractivity contribution in [3.63, 3.8) is 0 Å². The van der Waals surface area contributed by atoms with Gasteiger partial charge in [0.15, 0.2) is 0 Å². The molecule has 2 heterocycles. The van der Waals surface area contributed by atoms with Gasteiger partial charge in [0.1, 0.15) is 0 Å². The summed E-state index contributed by atoms with van der Waals surface area (Å²) in [4.78, 5) is 11.6. The minimum absolute atomic E-state index is 0.605. The number of imidazole rings is 1. The minimum Gasteiger partial charge on any atom is -0.480 e. The molecule has 0 saturated heterocycles. The molecule has 0 atom stereocenters. The number of benzene rings is 1. The Morgan fingerprint density at radius 1 is 1.24 bits per heavy atom. The molecule has 0 aliphatic carbocycles. The fourth-order valence-electron chi connectivity index (χ4n) is 1.85. The maximum Gasteiger partial charge on any atom is 0.223 e. The van der Waals surface area contributed by atoms with Crippen LogP contribution in [0.5, 0.6) is 5.88 Å². The molecule has 0 fully saturated rings. The number of hydrogen-bond acceptors (Lipinski definition) is 3. The highest BCUT2D eigenvalue weighted by Gasteiger charge is 2.10.